The van der Waals surface area contributed by atoms with E-state index < -0.39 is 6.10 Å². The van der Waals surface area contributed by atoms with Crippen LogP contribution in [0.4, 0.5) is 5.69 Å². The molecule has 160 valence electrons. The van der Waals surface area contributed by atoms with Gasteiger partial charge in [-0.25, -0.2) is 0 Å². The van der Waals surface area contributed by atoms with Crippen molar-refractivity contribution in [3.8, 4) is 11.5 Å². The largest absolute Gasteiger partial charge is 0.497 e. The Morgan fingerprint density at radius 3 is 2.50 bits per heavy atom. The maximum Gasteiger partial charge on any atom is 0.265 e. The third-order valence-corrected chi connectivity index (χ3v) is 5.35. The Bertz CT molecular complexity index is 862. The standard InChI is InChI=1S/C24H30N2O4/c1-3-22(30-19-13-9-12-18(16-19)29-2)24(28)26-21-15-8-7-14-20(21)23(27)25-17-10-5-4-6-11-17/h7-9,12-17,22H,3-6,10-11H2,1-2H3,(H,25,27)(H,26,28)/t22-/m0/s1. The lowest BCUT2D eigenvalue weighted by Gasteiger charge is -2.23. The Balaban J connectivity index is 1.68. The second-order valence-electron chi connectivity index (χ2n) is 7.54. The number of amides is 2. The molecule has 0 aliphatic heterocycles. The number of rotatable bonds is 8. The third kappa shape index (κ3) is 5.75. The van der Waals surface area contributed by atoms with Crippen LogP contribution in [0.1, 0.15) is 55.8 Å². The molecule has 6 heteroatoms. The molecule has 1 aliphatic carbocycles. The molecule has 0 bridgehead atoms. The van der Waals surface area contributed by atoms with E-state index in [1.54, 1.807) is 43.5 Å². The molecule has 1 fully saturated rings. The average Bonchev–Trinajstić information content (AvgIpc) is 2.78. The summed E-state index contributed by atoms with van der Waals surface area (Å²) in [5, 5.41) is 5.98. The summed E-state index contributed by atoms with van der Waals surface area (Å²) in [6.07, 6.45) is 5.32. The minimum atomic E-state index is -0.688. The number of para-hydroxylation sites is 1. The lowest BCUT2D eigenvalue weighted by atomic mass is 9.95. The molecule has 2 aromatic carbocycles. The molecule has 0 radical (unpaired) electrons. The smallest absolute Gasteiger partial charge is 0.265 e. The maximum absolute atomic E-state index is 12.9. The topological polar surface area (TPSA) is 76.7 Å². The highest BCUT2D eigenvalue weighted by molar-refractivity contribution is 6.04. The van der Waals surface area contributed by atoms with Crippen molar-refractivity contribution in [3.05, 3.63) is 54.1 Å². The van der Waals surface area contributed by atoms with E-state index in [4.69, 9.17) is 9.47 Å². The fourth-order valence-electron chi connectivity index (χ4n) is 3.67. The molecule has 30 heavy (non-hydrogen) atoms. The van der Waals surface area contributed by atoms with Crippen molar-refractivity contribution in [1.29, 1.82) is 0 Å². The normalized spacial score (nSPS) is 15.1. The molecular weight excluding hydrogens is 380 g/mol. The molecule has 0 heterocycles. The van der Waals surface area contributed by atoms with E-state index in [9.17, 15) is 9.59 Å². The Labute approximate surface area is 178 Å². The lowest BCUT2D eigenvalue weighted by Crippen LogP contribution is -2.37. The van der Waals surface area contributed by atoms with Gasteiger partial charge in [-0.05, 0) is 43.5 Å². The quantitative estimate of drug-likeness (QED) is 0.669. The zero-order valence-corrected chi connectivity index (χ0v) is 17.6. The maximum atomic E-state index is 12.9. The molecule has 1 atom stereocenters. The molecule has 2 aromatic rings. The van der Waals surface area contributed by atoms with Gasteiger partial charge in [-0.3, -0.25) is 9.59 Å². The van der Waals surface area contributed by atoms with Gasteiger partial charge in [-0.1, -0.05) is 44.4 Å². The zero-order chi connectivity index (χ0) is 21.3. The monoisotopic (exact) mass is 410 g/mol. The van der Waals surface area contributed by atoms with Gasteiger partial charge < -0.3 is 20.1 Å². The molecule has 1 saturated carbocycles. The van der Waals surface area contributed by atoms with E-state index in [-0.39, 0.29) is 17.9 Å². The van der Waals surface area contributed by atoms with E-state index in [0.29, 0.717) is 29.2 Å². The van der Waals surface area contributed by atoms with Crippen LogP contribution in [0.15, 0.2) is 48.5 Å². The van der Waals surface area contributed by atoms with Crippen LogP contribution in [-0.2, 0) is 4.79 Å². The van der Waals surface area contributed by atoms with Crippen molar-refractivity contribution < 1.29 is 19.1 Å². The number of ether oxygens (including phenoxy) is 2. The van der Waals surface area contributed by atoms with Crippen LogP contribution in [0, 0.1) is 0 Å². The van der Waals surface area contributed by atoms with E-state index in [1.165, 1.54) is 6.42 Å². The molecule has 2 amide bonds. The fraction of sp³-hybridized carbons (Fsp3) is 0.417. The number of benzene rings is 2. The molecule has 0 saturated heterocycles. The van der Waals surface area contributed by atoms with Crippen molar-refractivity contribution in [2.75, 3.05) is 12.4 Å². The van der Waals surface area contributed by atoms with Crippen molar-refractivity contribution in [2.45, 2.75) is 57.6 Å². The van der Waals surface area contributed by atoms with Gasteiger partial charge in [-0.2, -0.15) is 0 Å². The van der Waals surface area contributed by atoms with Crippen LogP contribution >= 0.6 is 0 Å². The predicted octanol–water partition coefficient (Wildman–Crippen LogP) is 4.55. The van der Waals surface area contributed by atoms with Crippen LogP contribution in [0.5, 0.6) is 11.5 Å². The Kier molecular flexibility index (Phi) is 7.71. The van der Waals surface area contributed by atoms with E-state index >= 15 is 0 Å². The minimum absolute atomic E-state index is 0.153. The van der Waals surface area contributed by atoms with Gasteiger partial charge in [0.1, 0.15) is 11.5 Å². The van der Waals surface area contributed by atoms with Crippen LogP contribution in [0.25, 0.3) is 0 Å². The molecule has 2 N–H and O–H groups in total. The second kappa shape index (κ2) is 10.7. The van der Waals surface area contributed by atoms with E-state index in [1.807, 2.05) is 19.1 Å². The van der Waals surface area contributed by atoms with Crippen molar-refractivity contribution >= 4 is 17.5 Å². The first-order valence-electron chi connectivity index (χ1n) is 10.6. The third-order valence-electron chi connectivity index (χ3n) is 5.35. The van der Waals surface area contributed by atoms with E-state index in [2.05, 4.69) is 10.6 Å². The molecule has 6 nitrogen and oxygen atoms in total. The highest BCUT2D eigenvalue weighted by Crippen LogP contribution is 2.23. The summed E-state index contributed by atoms with van der Waals surface area (Å²) in [6.45, 7) is 1.88. The van der Waals surface area contributed by atoms with Crippen LogP contribution in [-0.4, -0.2) is 31.1 Å². The Morgan fingerprint density at radius 1 is 1.03 bits per heavy atom. The number of methoxy groups -OCH3 is 1. The molecule has 0 unspecified atom stereocenters. The Hall–Kier alpha value is -3.02. The SMILES string of the molecule is CC[C@H](Oc1cccc(OC)c1)C(=O)Nc1ccccc1C(=O)NC1CCCCC1. The summed E-state index contributed by atoms with van der Waals surface area (Å²) in [7, 11) is 1.58. The summed E-state index contributed by atoms with van der Waals surface area (Å²) < 4.78 is 11.1. The highest BCUT2D eigenvalue weighted by atomic mass is 16.5. The fourth-order valence-corrected chi connectivity index (χ4v) is 3.67. The first-order chi connectivity index (χ1) is 14.6. The number of anilines is 1. The average molecular weight is 411 g/mol. The van der Waals surface area contributed by atoms with Crippen LogP contribution < -0.4 is 20.1 Å². The van der Waals surface area contributed by atoms with Gasteiger partial charge >= 0.3 is 0 Å². The number of hydrogen-bond donors (Lipinski definition) is 2. The van der Waals surface area contributed by atoms with Gasteiger partial charge in [-0.15, -0.1) is 0 Å². The molecular formula is C24H30N2O4. The van der Waals surface area contributed by atoms with E-state index in [0.717, 1.165) is 25.7 Å². The Morgan fingerprint density at radius 2 is 1.77 bits per heavy atom. The number of carbonyl (C=O) groups is 2. The first-order valence-corrected chi connectivity index (χ1v) is 10.6. The number of carbonyl (C=O) groups excluding carboxylic acids is 2. The summed E-state index contributed by atoms with van der Waals surface area (Å²) in [4.78, 5) is 25.7. The summed E-state index contributed by atoms with van der Waals surface area (Å²) in [6, 6.07) is 14.4. The van der Waals surface area contributed by atoms with Crippen molar-refractivity contribution in [1.82, 2.24) is 5.32 Å². The summed E-state index contributed by atoms with van der Waals surface area (Å²) >= 11 is 0. The zero-order valence-electron chi connectivity index (χ0n) is 17.6. The number of hydrogen-bond acceptors (Lipinski definition) is 4. The van der Waals surface area contributed by atoms with Gasteiger partial charge in [0.15, 0.2) is 6.10 Å². The predicted molar refractivity (Wildman–Crippen MR) is 117 cm³/mol. The van der Waals surface area contributed by atoms with Crippen LogP contribution in [0.2, 0.25) is 0 Å². The van der Waals surface area contributed by atoms with Gasteiger partial charge in [0.25, 0.3) is 11.8 Å². The van der Waals surface area contributed by atoms with Crippen LogP contribution in [0.3, 0.4) is 0 Å². The van der Waals surface area contributed by atoms with Gasteiger partial charge in [0, 0.05) is 12.1 Å². The van der Waals surface area contributed by atoms with Gasteiger partial charge in [0.2, 0.25) is 0 Å². The molecule has 3 rings (SSSR count). The first kappa shape index (κ1) is 21.7. The summed E-state index contributed by atoms with van der Waals surface area (Å²) in [5.41, 5.74) is 0.955. The van der Waals surface area contributed by atoms with Crippen molar-refractivity contribution in [3.63, 3.8) is 0 Å². The minimum Gasteiger partial charge on any atom is -0.497 e. The molecule has 1 aliphatic rings. The van der Waals surface area contributed by atoms with Crippen molar-refractivity contribution in [2.24, 2.45) is 0 Å². The molecule has 0 aromatic heterocycles. The van der Waals surface area contributed by atoms with Gasteiger partial charge in [0.05, 0.1) is 18.4 Å². The highest BCUT2D eigenvalue weighted by Gasteiger charge is 2.22. The second-order valence-corrected chi connectivity index (χ2v) is 7.54. The lowest BCUT2D eigenvalue weighted by molar-refractivity contribution is -0.122. The molecule has 0 spiro atoms. The summed E-state index contributed by atoms with van der Waals surface area (Å²) in [5.74, 6) is 0.768. The number of nitrogens with one attached hydrogen (secondary N) is 2.